The number of fused-ring (bicyclic) bond motifs is 1. The van der Waals surface area contributed by atoms with E-state index in [0.29, 0.717) is 12.1 Å². The molecule has 1 unspecified atom stereocenters. The molecule has 1 saturated carbocycles. The van der Waals surface area contributed by atoms with Crippen molar-refractivity contribution >= 4 is 0 Å². The summed E-state index contributed by atoms with van der Waals surface area (Å²) in [6.07, 6.45) is 4.48. The van der Waals surface area contributed by atoms with Crippen LogP contribution in [0.1, 0.15) is 33.1 Å². The number of hydrogen-bond donors (Lipinski definition) is 1. The molecule has 0 bridgehead atoms. The zero-order valence-electron chi connectivity index (χ0n) is 8.75. The summed E-state index contributed by atoms with van der Waals surface area (Å²) in [4.78, 5) is 0. The van der Waals surface area contributed by atoms with Crippen LogP contribution in [0, 0.1) is 11.8 Å². The van der Waals surface area contributed by atoms with Gasteiger partial charge in [0.2, 0.25) is 0 Å². The van der Waals surface area contributed by atoms with Gasteiger partial charge in [0.25, 0.3) is 0 Å². The summed E-state index contributed by atoms with van der Waals surface area (Å²) in [7, 11) is 0. The Morgan fingerprint density at radius 2 is 2.15 bits per heavy atom. The van der Waals surface area contributed by atoms with Crippen LogP contribution >= 0.6 is 0 Å². The second kappa shape index (κ2) is 3.97. The van der Waals surface area contributed by atoms with E-state index in [2.05, 4.69) is 19.2 Å². The van der Waals surface area contributed by atoms with Crippen LogP contribution < -0.4 is 5.32 Å². The molecule has 0 aromatic carbocycles. The van der Waals surface area contributed by atoms with E-state index >= 15 is 0 Å². The fourth-order valence-corrected chi connectivity index (χ4v) is 2.64. The summed E-state index contributed by atoms with van der Waals surface area (Å²) in [6.45, 7) is 6.63. The van der Waals surface area contributed by atoms with Crippen LogP contribution in [0.2, 0.25) is 0 Å². The van der Waals surface area contributed by atoms with Gasteiger partial charge in [-0.05, 0) is 31.1 Å². The normalized spacial score (nSPS) is 40.4. The third-order valence-electron chi connectivity index (χ3n) is 3.62. The highest BCUT2D eigenvalue weighted by molar-refractivity contribution is 4.88. The fraction of sp³-hybridized carbons (Fsp3) is 1.00. The van der Waals surface area contributed by atoms with Gasteiger partial charge in [-0.15, -0.1) is 0 Å². The van der Waals surface area contributed by atoms with E-state index in [-0.39, 0.29) is 0 Å². The molecule has 0 amide bonds. The maximum Gasteiger partial charge on any atom is 0.0731 e. The van der Waals surface area contributed by atoms with Crippen molar-refractivity contribution < 1.29 is 4.74 Å². The minimum Gasteiger partial charge on any atom is -0.375 e. The van der Waals surface area contributed by atoms with Crippen molar-refractivity contribution in [1.82, 2.24) is 5.32 Å². The van der Waals surface area contributed by atoms with Crippen LogP contribution in [0.25, 0.3) is 0 Å². The Balaban J connectivity index is 1.91. The maximum atomic E-state index is 5.80. The Morgan fingerprint density at radius 3 is 2.92 bits per heavy atom. The Morgan fingerprint density at radius 1 is 1.31 bits per heavy atom. The van der Waals surface area contributed by atoms with Crippen molar-refractivity contribution in [2.45, 2.75) is 45.3 Å². The third-order valence-corrected chi connectivity index (χ3v) is 3.62. The molecule has 76 valence electrons. The number of hydrogen-bond acceptors (Lipinski definition) is 2. The second-order valence-electron chi connectivity index (χ2n) is 4.79. The number of ether oxygens (including phenoxy) is 1. The first-order valence-electron chi connectivity index (χ1n) is 5.62. The molecule has 0 aromatic rings. The van der Waals surface area contributed by atoms with Crippen LogP contribution in [-0.4, -0.2) is 25.3 Å². The first-order chi connectivity index (χ1) is 6.27. The van der Waals surface area contributed by atoms with E-state index in [9.17, 15) is 0 Å². The molecule has 2 aliphatic rings. The molecule has 2 heteroatoms. The minimum atomic E-state index is 0.509. The van der Waals surface area contributed by atoms with Gasteiger partial charge in [-0.3, -0.25) is 0 Å². The van der Waals surface area contributed by atoms with Gasteiger partial charge in [-0.1, -0.05) is 13.8 Å². The Kier molecular flexibility index (Phi) is 2.89. The molecule has 2 nitrogen and oxygen atoms in total. The van der Waals surface area contributed by atoms with E-state index in [0.717, 1.165) is 25.0 Å². The zero-order chi connectivity index (χ0) is 9.26. The molecule has 13 heavy (non-hydrogen) atoms. The predicted molar refractivity (Wildman–Crippen MR) is 53.7 cm³/mol. The van der Waals surface area contributed by atoms with Gasteiger partial charge in [0.1, 0.15) is 0 Å². The van der Waals surface area contributed by atoms with E-state index in [1.54, 1.807) is 0 Å². The molecule has 1 N–H and O–H groups in total. The SMILES string of the molecule is CC(C)C1CC[C@@H]2NCCO[C@@H]2C1. The average molecular weight is 183 g/mol. The molecule has 1 aliphatic heterocycles. The van der Waals surface area contributed by atoms with Crippen molar-refractivity contribution in [3.05, 3.63) is 0 Å². The smallest absolute Gasteiger partial charge is 0.0731 e. The van der Waals surface area contributed by atoms with Crippen molar-refractivity contribution in [3.63, 3.8) is 0 Å². The largest absolute Gasteiger partial charge is 0.375 e. The fourth-order valence-electron chi connectivity index (χ4n) is 2.64. The summed E-state index contributed by atoms with van der Waals surface area (Å²) in [5, 5.41) is 3.56. The third kappa shape index (κ3) is 2.05. The molecule has 0 spiro atoms. The van der Waals surface area contributed by atoms with Gasteiger partial charge in [-0.2, -0.15) is 0 Å². The first kappa shape index (κ1) is 9.47. The molecule has 3 atom stereocenters. The number of nitrogens with one attached hydrogen (secondary N) is 1. The highest BCUT2D eigenvalue weighted by Gasteiger charge is 2.33. The minimum absolute atomic E-state index is 0.509. The van der Waals surface area contributed by atoms with Gasteiger partial charge in [-0.25, -0.2) is 0 Å². The molecule has 2 rings (SSSR count). The summed E-state index contributed by atoms with van der Waals surface area (Å²) in [5.74, 6) is 1.72. The molecular weight excluding hydrogens is 162 g/mol. The average Bonchev–Trinajstić information content (AvgIpc) is 2.17. The van der Waals surface area contributed by atoms with Gasteiger partial charge in [0.15, 0.2) is 0 Å². The van der Waals surface area contributed by atoms with E-state index in [1.165, 1.54) is 19.3 Å². The monoisotopic (exact) mass is 183 g/mol. The standard InChI is InChI=1S/C11H21NO/c1-8(2)9-3-4-10-11(7-9)13-6-5-12-10/h8-12H,3-7H2,1-2H3/t9?,10-,11+/m0/s1. The summed E-state index contributed by atoms with van der Waals surface area (Å²) >= 11 is 0. The van der Waals surface area contributed by atoms with Crippen LogP contribution in [0.4, 0.5) is 0 Å². The van der Waals surface area contributed by atoms with Crippen molar-refractivity contribution in [3.8, 4) is 0 Å². The molecular formula is C11H21NO. The summed E-state index contributed by atoms with van der Waals surface area (Å²) in [6, 6.07) is 0.656. The highest BCUT2D eigenvalue weighted by Crippen LogP contribution is 2.32. The lowest BCUT2D eigenvalue weighted by Gasteiger charge is -2.40. The Bertz CT molecular complexity index is 169. The van der Waals surface area contributed by atoms with Gasteiger partial charge in [0.05, 0.1) is 12.7 Å². The lowest BCUT2D eigenvalue weighted by molar-refractivity contribution is -0.0427. The topological polar surface area (TPSA) is 21.3 Å². The van der Waals surface area contributed by atoms with Crippen molar-refractivity contribution in [1.29, 1.82) is 0 Å². The van der Waals surface area contributed by atoms with Gasteiger partial charge in [0, 0.05) is 12.6 Å². The highest BCUT2D eigenvalue weighted by atomic mass is 16.5. The number of morpholine rings is 1. The molecule has 1 aliphatic carbocycles. The molecule has 1 heterocycles. The quantitative estimate of drug-likeness (QED) is 0.669. The molecule has 0 aromatic heterocycles. The summed E-state index contributed by atoms with van der Waals surface area (Å²) in [5.41, 5.74) is 0. The predicted octanol–water partition coefficient (Wildman–Crippen LogP) is 1.80. The van der Waals surface area contributed by atoms with Crippen LogP contribution in [0.5, 0.6) is 0 Å². The van der Waals surface area contributed by atoms with Gasteiger partial charge >= 0.3 is 0 Å². The molecule has 1 saturated heterocycles. The molecule has 0 radical (unpaired) electrons. The van der Waals surface area contributed by atoms with Crippen LogP contribution in [0.3, 0.4) is 0 Å². The lowest BCUT2D eigenvalue weighted by atomic mass is 9.77. The van der Waals surface area contributed by atoms with Crippen molar-refractivity contribution in [2.75, 3.05) is 13.2 Å². The van der Waals surface area contributed by atoms with Crippen molar-refractivity contribution in [2.24, 2.45) is 11.8 Å². The van der Waals surface area contributed by atoms with Crippen LogP contribution in [-0.2, 0) is 4.74 Å². The Hall–Kier alpha value is -0.0800. The van der Waals surface area contributed by atoms with E-state index < -0.39 is 0 Å². The zero-order valence-corrected chi connectivity index (χ0v) is 8.75. The lowest BCUT2D eigenvalue weighted by Crippen LogP contribution is -2.51. The Labute approximate surface area is 81.0 Å². The van der Waals surface area contributed by atoms with Crippen LogP contribution in [0.15, 0.2) is 0 Å². The number of rotatable bonds is 1. The van der Waals surface area contributed by atoms with E-state index in [1.807, 2.05) is 0 Å². The van der Waals surface area contributed by atoms with Gasteiger partial charge < -0.3 is 10.1 Å². The summed E-state index contributed by atoms with van der Waals surface area (Å²) < 4.78 is 5.80. The maximum absolute atomic E-state index is 5.80. The first-order valence-corrected chi connectivity index (χ1v) is 5.62. The molecule has 2 fully saturated rings. The van der Waals surface area contributed by atoms with E-state index in [4.69, 9.17) is 4.74 Å². The second-order valence-corrected chi connectivity index (χ2v) is 4.79.